The summed E-state index contributed by atoms with van der Waals surface area (Å²) in [5, 5.41) is 0. The van der Waals surface area contributed by atoms with Gasteiger partial charge in [-0.25, -0.2) is 10.3 Å². The third kappa shape index (κ3) is 3.93. The third-order valence-corrected chi connectivity index (χ3v) is 3.25. The van der Waals surface area contributed by atoms with Crippen LogP contribution in [-0.2, 0) is 9.57 Å². The van der Waals surface area contributed by atoms with E-state index in [4.69, 9.17) is 9.57 Å². The standard InChI is InChI=1S/C12H14INO3/c13-10-6-4-9(5-7-10)12(15)14-17-11-3-1-2-8-16-11/h4-7,11H,1-3,8H2,(H,14,15). The molecule has 2 rings (SSSR count). The molecule has 92 valence electrons. The number of benzene rings is 1. The molecule has 1 unspecified atom stereocenters. The molecule has 17 heavy (non-hydrogen) atoms. The van der Waals surface area contributed by atoms with Crippen molar-refractivity contribution >= 4 is 28.5 Å². The molecule has 1 atom stereocenters. The molecule has 0 saturated carbocycles. The predicted octanol–water partition coefficient (Wildman–Crippen LogP) is 2.48. The van der Waals surface area contributed by atoms with Crippen LogP contribution in [-0.4, -0.2) is 18.8 Å². The van der Waals surface area contributed by atoms with E-state index in [0.717, 1.165) is 22.8 Å². The summed E-state index contributed by atoms with van der Waals surface area (Å²) in [5.41, 5.74) is 3.01. The quantitative estimate of drug-likeness (QED) is 0.675. The average molecular weight is 347 g/mol. The van der Waals surface area contributed by atoms with Crippen molar-refractivity contribution in [3.63, 3.8) is 0 Å². The molecule has 1 aliphatic heterocycles. The van der Waals surface area contributed by atoms with Gasteiger partial charge in [-0.2, -0.15) is 0 Å². The van der Waals surface area contributed by atoms with E-state index in [9.17, 15) is 4.79 Å². The van der Waals surface area contributed by atoms with Crippen LogP contribution in [0.1, 0.15) is 29.6 Å². The highest BCUT2D eigenvalue weighted by Crippen LogP contribution is 2.13. The zero-order valence-corrected chi connectivity index (χ0v) is 11.5. The van der Waals surface area contributed by atoms with Gasteiger partial charge in [0.1, 0.15) is 0 Å². The minimum Gasteiger partial charge on any atom is -0.350 e. The Morgan fingerprint density at radius 1 is 1.35 bits per heavy atom. The van der Waals surface area contributed by atoms with Crippen LogP contribution in [0.4, 0.5) is 0 Å². The van der Waals surface area contributed by atoms with Crippen molar-refractivity contribution in [1.82, 2.24) is 5.48 Å². The minimum absolute atomic E-state index is 0.240. The first-order valence-corrected chi connectivity index (χ1v) is 6.67. The molecular formula is C12H14INO3. The summed E-state index contributed by atoms with van der Waals surface area (Å²) < 4.78 is 6.44. The third-order valence-electron chi connectivity index (χ3n) is 2.53. The van der Waals surface area contributed by atoms with Gasteiger partial charge in [-0.3, -0.25) is 4.79 Å². The summed E-state index contributed by atoms with van der Waals surface area (Å²) in [6.07, 6.45) is 2.65. The Balaban J connectivity index is 1.82. The molecule has 1 aromatic carbocycles. The summed E-state index contributed by atoms with van der Waals surface area (Å²) in [4.78, 5) is 16.9. The first-order valence-electron chi connectivity index (χ1n) is 5.59. The second kappa shape index (κ2) is 6.32. The molecule has 1 fully saturated rings. The number of halogens is 1. The summed E-state index contributed by atoms with van der Waals surface area (Å²) in [7, 11) is 0. The van der Waals surface area contributed by atoms with Gasteiger partial charge in [0.15, 0.2) is 6.29 Å². The molecule has 1 N–H and O–H groups in total. The first-order chi connectivity index (χ1) is 8.25. The summed E-state index contributed by atoms with van der Waals surface area (Å²) in [5.74, 6) is -0.240. The molecule has 0 spiro atoms. The molecule has 0 aliphatic carbocycles. The fourth-order valence-electron chi connectivity index (χ4n) is 1.58. The number of amides is 1. The smallest absolute Gasteiger partial charge is 0.274 e. The van der Waals surface area contributed by atoms with E-state index in [1.165, 1.54) is 0 Å². The van der Waals surface area contributed by atoms with Gasteiger partial charge in [-0.1, -0.05) is 0 Å². The lowest BCUT2D eigenvalue weighted by molar-refractivity contribution is -0.186. The van der Waals surface area contributed by atoms with Crippen LogP contribution in [0, 0.1) is 3.57 Å². The highest BCUT2D eigenvalue weighted by Gasteiger charge is 2.16. The molecule has 0 bridgehead atoms. The van der Waals surface area contributed by atoms with Crippen LogP contribution < -0.4 is 5.48 Å². The van der Waals surface area contributed by atoms with Crippen molar-refractivity contribution in [1.29, 1.82) is 0 Å². The van der Waals surface area contributed by atoms with Gasteiger partial charge >= 0.3 is 0 Å². The Kier molecular flexibility index (Phi) is 4.75. The zero-order chi connectivity index (χ0) is 12.1. The molecule has 1 aliphatic rings. The highest BCUT2D eigenvalue weighted by molar-refractivity contribution is 14.1. The molecule has 0 aromatic heterocycles. The molecule has 4 nitrogen and oxygen atoms in total. The van der Waals surface area contributed by atoms with Crippen LogP contribution in [0.3, 0.4) is 0 Å². The molecule has 1 aromatic rings. The van der Waals surface area contributed by atoms with Crippen LogP contribution >= 0.6 is 22.6 Å². The average Bonchev–Trinajstić information content (AvgIpc) is 2.38. The number of rotatable bonds is 3. The number of hydroxylamine groups is 1. The maximum atomic E-state index is 11.7. The Bertz CT molecular complexity index is 374. The predicted molar refractivity (Wildman–Crippen MR) is 71.3 cm³/mol. The second-order valence-corrected chi connectivity index (χ2v) is 5.10. The first kappa shape index (κ1) is 12.8. The van der Waals surface area contributed by atoms with Crippen LogP contribution in [0.2, 0.25) is 0 Å². The van der Waals surface area contributed by atoms with E-state index in [0.29, 0.717) is 12.2 Å². The van der Waals surface area contributed by atoms with Gasteiger partial charge < -0.3 is 4.74 Å². The zero-order valence-electron chi connectivity index (χ0n) is 9.32. The van der Waals surface area contributed by atoms with Crippen molar-refractivity contribution in [3.05, 3.63) is 33.4 Å². The lowest BCUT2D eigenvalue weighted by Crippen LogP contribution is -2.33. The van der Waals surface area contributed by atoms with Gasteiger partial charge in [0.05, 0.1) is 0 Å². The van der Waals surface area contributed by atoms with Gasteiger partial charge in [-0.05, 0) is 59.7 Å². The van der Waals surface area contributed by atoms with E-state index >= 15 is 0 Å². The van der Waals surface area contributed by atoms with Crippen molar-refractivity contribution in [2.45, 2.75) is 25.6 Å². The number of nitrogens with one attached hydrogen (secondary N) is 1. The number of hydrogen-bond acceptors (Lipinski definition) is 3. The highest BCUT2D eigenvalue weighted by atomic mass is 127. The number of ether oxygens (including phenoxy) is 1. The second-order valence-electron chi connectivity index (χ2n) is 3.85. The lowest BCUT2D eigenvalue weighted by Gasteiger charge is -2.22. The Morgan fingerprint density at radius 2 is 2.12 bits per heavy atom. The minimum atomic E-state index is -0.309. The summed E-state index contributed by atoms with van der Waals surface area (Å²) >= 11 is 2.19. The van der Waals surface area contributed by atoms with Crippen molar-refractivity contribution < 1.29 is 14.4 Å². The molecular weight excluding hydrogens is 333 g/mol. The maximum absolute atomic E-state index is 11.7. The number of carbonyl (C=O) groups is 1. The fraction of sp³-hybridized carbons (Fsp3) is 0.417. The van der Waals surface area contributed by atoms with Crippen LogP contribution in [0.25, 0.3) is 0 Å². The van der Waals surface area contributed by atoms with E-state index in [2.05, 4.69) is 28.1 Å². The maximum Gasteiger partial charge on any atom is 0.274 e. The molecule has 5 heteroatoms. The number of carbonyl (C=O) groups excluding carboxylic acids is 1. The summed E-state index contributed by atoms with van der Waals surface area (Å²) in [6, 6.07) is 7.30. The normalized spacial score (nSPS) is 19.9. The topological polar surface area (TPSA) is 47.6 Å². The molecule has 1 amide bonds. The monoisotopic (exact) mass is 347 g/mol. The Morgan fingerprint density at radius 3 is 2.76 bits per heavy atom. The van der Waals surface area contributed by atoms with Gasteiger partial charge in [0.25, 0.3) is 5.91 Å². The van der Waals surface area contributed by atoms with E-state index in [1.54, 1.807) is 12.1 Å². The van der Waals surface area contributed by atoms with Gasteiger partial charge in [-0.15, -0.1) is 0 Å². The Labute approximate surface area is 114 Å². The van der Waals surface area contributed by atoms with Gasteiger partial charge in [0.2, 0.25) is 0 Å². The van der Waals surface area contributed by atoms with Crippen molar-refractivity contribution in [2.75, 3.05) is 6.61 Å². The number of hydrogen-bond donors (Lipinski definition) is 1. The van der Waals surface area contributed by atoms with Crippen LogP contribution in [0.15, 0.2) is 24.3 Å². The van der Waals surface area contributed by atoms with Crippen molar-refractivity contribution in [2.24, 2.45) is 0 Å². The lowest BCUT2D eigenvalue weighted by atomic mass is 10.2. The van der Waals surface area contributed by atoms with E-state index in [-0.39, 0.29) is 12.2 Å². The Hall–Kier alpha value is -0.660. The van der Waals surface area contributed by atoms with E-state index in [1.807, 2.05) is 12.1 Å². The fourth-order valence-corrected chi connectivity index (χ4v) is 1.94. The SMILES string of the molecule is O=C(NOC1CCCCO1)c1ccc(I)cc1. The van der Waals surface area contributed by atoms with Gasteiger partial charge in [0, 0.05) is 22.2 Å². The van der Waals surface area contributed by atoms with E-state index < -0.39 is 0 Å². The molecule has 1 heterocycles. The molecule has 1 saturated heterocycles. The summed E-state index contributed by atoms with van der Waals surface area (Å²) in [6.45, 7) is 0.698. The van der Waals surface area contributed by atoms with Crippen LogP contribution in [0.5, 0.6) is 0 Å². The van der Waals surface area contributed by atoms with Crippen molar-refractivity contribution in [3.8, 4) is 0 Å². The largest absolute Gasteiger partial charge is 0.350 e. The molecule has 0 radical (unpaired) electrons.